The van der Waals surface area contributed by atoms with Crippen molar-refractivity contribution in [3.05, 3.63) is 12.4 Å². The van der Waals surface area contributed by atoms with Crippen LogP contribution in [0.3, 0.4) is 0 Å². The van der Waals surface area contributed by atoms with Crippen LogP contribution in [0.1, 0.15) is 26.2 Å². The summed E-state index contributed by atoms with van der Waals surface area (Å²) in [6.45, 7) is 8.98. The second-order valence-corrected chi connectivity index (χ2v) is 6.16. The molecule has 2 aliphatic heterocycles. The van der Waals surface area contributed by atoms with Crippen molar-refractivity contribution in [3.63, 3.8) is 0 Å². The van der Waals surface area contributed by atoms with Crippen LogP contribution in [-0.2, 0) is 0 Å². The Kier molecular flexibility index (Phi) is 5.27. The van der Waals surface area contributed by atoms with Crippen LogP contribution >= 0.6 is 0 Å². The van der Waals surface area contributed by atoms with Crippen LogP contribution in [0, 0.1) is 0 Å². The number of aromatic nitrogens is 2. The second kappa shape index (κ2) is 7.59. The first-order chi connectivity index (χ1) is 11.3. The monoisotopic (exact) mass is 318 g/mol. The highest BCUT2D eigenvalue weighted by Gasteiger charge is 2.19. The number of hydrogen-bond donors (Lipinski definition) is 1. The Morgan fingerprint density at radius 1 is 1.09 bits per heavy atom. The van der Waals surface area contributed by atoms with Gasteiger partial charge in [-0.3, -0.25) is 5.32 Å². The highest BCUT2D eigenvalue weighted by molar-refractivity contribution is 5.88. The lowest BCUT2D eigenvalue weighted by Gasteiger charge is -2.34. The Balaban J connectivity index is 1.60. The van der Waals surface area contributed by atoms with Crippen LogP contribution in [0.15, 0.2) is 12.4 Å². The number of piperidine rings is 1. The molecule has 0 saturated carbocycles. The van der Waals surface area contributed by atoms with Gasteiger partial charge in [0.05, 0.1) is 0 Å². The topological polar surface area (TPSA) is 64.6 Å². The number of carbonyl (C=O) groups excluding carboxylic acids is 1. The van der Waals surface area contributed by atoms with E-state index in [1.807, 2.05) is 11.0 Å². The first kappa shape index (κ1) is 16.0. The van der Waals surface area contributed by atoms with Crippen molar-refractivity contribution in [2.45, 2.75) is 26.2 Å². The molecule has 0 aromatic carbocycles. The van der Waals surface area contributed by atoms with Gasteiger partial charge in [0.2, 0.25) is 0 Å². The number of amides is 2. The number of anilines is 2. The van der Waals surface area contributed by atoms with Gasteiger partial charge in [-0.2, -0.15) is 0 Å². The number of urea groups is 1. The molecular weight excluding hydrogens is 292 g/mol. The number of hydrogen-bond acceptors (Lipinski definition) is 5. The molecule has 3 rings (SSSR count). The summed E-state index contributed by atoms with van der Waals surface area (Å²) < 4.78 is 0. The fourth-order valence-corrected chi connectivity index (χ4v) is 3.17. The zero-order valence-electron chi connectivity index (χ0n) is 13.9. The summed E-state index contributed by atoms with van der Waals surface area (Å²) in [4.78, 5) is 27.4. The molecular formula is C16H26N6O. The van der Waals surface area contributed by atoms with Gasteiger partial charge in [0.1, 0.15) is 18.0 Å². The predicted octanol–water partition coefficient (Wildman–Crippen LogP) is 1.64. The minimum absolute atomic E-state index is 0.0508. The molecule has 7 nitrogen and oxygen atoms in total. The summed E-state index contributed by atoms with van der Waals surface area (Å²) in [7, 11) is 0. The summed E-state index contributed by atoms with van der Waals surface area (Å²) in [6, 6.07) is 1.83. The molecule has 0 atom stereocenters. The largest absolute Gasteiger partial charge is 0.354 e. The van der Waals surface area contributed by atoms with E-state index in [0.29, 0.717) is 5.82 Å². The summed E-state index contributed by atoms with van der Waals surface area (Å²) in [5.74, 6) is 1.48. The molecule has 0 bridgehead atoms. The lowest BCUT2D eigenvalue weighted by Crippen LogP contribution is -2.46. The number of likely N-dealkylation sites (N-methyl/N-ethyl adjacent to an activating group) is 1. The van der Waals surface area contributed by atoms with E-state index in [1.54, 1.807) is 0 Å². The van der Waals surface area contributed by atoms with Gasteiger partial charge in [0, 0.05) is 45.3 Å². The molecule has 23 heavy (non-hydrogen) atoms. The standard InChI is InChI=1S/C16H26N6O/c1-2-20-8-10-21(11-9-20)15-12-14(17-13-18-15)19-16(23)22-6-4-3-5-7-22/h12-13H,2-11H2,1H3,(H,17,18,19,23). The second-order valence-electron chi connectivity index (χ2n) is 6.16. The minimum atomic E-state index is -0.0508. The van der Waals surface area contributed by atoms with Crippen LogP contribution < -0.4 is 10.2 Å². The average Bonchev–Trinajstić information content (AvgIpc) is 2.63. The number of nitrogens with one attached hydrogen (secondary N) is 1. The van der Waals surface area contributed by atoms with Gasteiger partial charge in [-0.15, -0.1) is 0 Å². The molecule has 2 aliphatic rings. The quantitative estimate of drug-likeness (QED) is 0.918. The van der Waals surface area contributed by atoms with E-state index in [4.69, 9.17) is 0 Å². The van der Waals surface area contributed by atoms with Crippen molar-refractivity contribution in [1.82, 2.24) is 19.8 Å². The van der Waals surface area contributed by atoms with Gasteiger partial charge >= 0.3 is 6.03 Å². The Bertz CT molecular complexity index is 523. The minimum Gasteiger partial charge on any atom is -0.354 e. The normalized spacial score (nSPS) is 19.7. The Morgan fingerprint density at radius 3 is 2.52 bits per heavy atom. The van der Waals surface area contributed by atoms with Crippen molar-refractivity contribution in [2.75, 3.05) is 56.0 Å². The van der Waals surface area contributed by atoms with Gasteiger partial charge in [0.25, 0.3) is 0 Å². The third-order valence-corrected chi connectivity index (χ3v) is 4.67. The van der Waals surface area contributed by atoms with Crippen LogP contribution in [0.4, 0.5) is 16.4 Å². The van der Waals surface area contributed by atoms with Crippen molar-refractivity contribution in [1.29, 1.82) is 0 Å². The zero-order chi connectivity index (χ0) is 16.1. The van der Waals surface area contributed by atoms with Crippen LogP contribution in [0.25, 0.3) is 0 Å². The van der Waals surface area contributed by atoms with Crippen molar-refractivity contribution in [3.8, 4) is 0 Å². The van der Waals surface area contributed by atoms with E-state index < -0.39 is 0 Å². The lowest BCUT2D eigenvalue weighted by molar-refractivity contribution is 0.200. The fraction of sp³-hybridized carbons (Fsp3) is 0.688. The molecule has 3 heterocycles. The zero-order valence-corrected chi connectivity index (χ0v) is 13.9. The molecule has 7 heteroatoms. The first-order valence-electron chi connectivity index (χ1n) is 8.61. The average molecular weight is 318 g/mol. The van der Waals surface area contributed by atoms with E-state index in [9.17, 15) is 4.79 Å². The van der Waals surface area contributed by atoms with Crippen LogP contribution in [-0.4, -0.2) is 71.6 Å². The van der Waals surface area contributed by atoms with E-state index in [1.165, 1.54) is 12.7 Å². The molecule has 126 valence electrons. The van der Waals surface area contributed by atoms with E-state index in [-0.39, 0.29) is 6.03 Å². The summed E-state index contributed by atoms with van der Waals surface area (Å²) in [5.41, 5.74) is 0. The Hall–Kier alpha value is -1.89. The predicted molar refractivity (Wildman–Crippen MR) is 90.8 cm³/mol. The highest BCUT2D eigenvalue weighted by Crippen LogP contribution is 2.17. The molecule has 2 amide bonds. The van der Waals surface area contributed by atoms with Crippen LogP contribution in [0.2, 0.25) is 0 Å². The lowest BCUT2D eigenvalue weighted by atomic mass is 10.1. The molecule has 0 unspecified atom stereocenters. The number of likely N-dealkylation sites (tertiary alicyclic amines) is 1. The van der Waals surface area contributed by atoms with Gasteiger partial charge < -0.3 is 14.7 Å². The molecule has 1 N–H and O–H groups in total. The molecule has 2 fully saturated rings. The summed E-state index contributed by atoms with van der Waals surface area (Å²) in [6.07, 6.45) is 4.92. The van der Waals surface area contributed by atoms with Gasteiger partial charge in [-0.25, -0.2) is 14.8 Å². The van der Waals surface area contributed by atoms with Crippen LogP contribution in [0.5, 0.6) is 0 Å². The maximum Gasteiger partial charge on any atom is 0.323 e. The smallest absolute Gasteiger partial charge is 0.323 e. The number of rotatable bonds is 3. The SMILES string of the molecule is CCN1CCN(c2cc(NC(=O)N3CCCCC3)ncn2)CC1. The molecule has 1 aromatic heterocycles. The van der Waals surface area contributed by atoms with Gasteiger partial charge in [-0.05, 0) is 25.8 Å². The molecule has 1 aromatic rings. The molecule has 2 saturated heterocycles. The van der Waals surface area contributed by atoms with Crippen molar-refractivity contribution >= 4 is 17.7 Å². The molecule has 0 aliphatic carbocycles. The van der Waals surface area contributed by atoms with E-state index >= 15 is 0 Å². The summed E-state index contributed by atoms with van der Waals surface area (Å²) >= 11 is 0. The molecule has 0 spiro atoms. The van der Waals surface area contributed by atoms with E-state index in [0.717, 1.165) is 64.5 Å². The fourth-order valence-electron chi connectivity index (χ4n) is 3.17. The number of nitrogens with zero attached hydrogens (tertiary/aromatic N) is 5. The van der Waals surface area contributed by atoms with Crippen molar-refractivity contribution in [2.24, 2.45) is 0 Å². The number of carbonyl (C=O) groups is 1. The van der Waals surface area contributed by atoms with Gasteiger partial charge in [-0.1, -0.05) is 6.92 Å². The first-order valence-corrected chi connectivity index (χ1v) is 8.61. The van der Waals surface area contributed by atoms with Crippen molar-refractivity contribution < 1.29 is 4.79 Å². The maximum absolute atomic E-state index is 12.3. The summed E-state index contributed by atoms with van der Waals surface area (Å²) in [5, 5.41) is 2.91. The Labute approximate surface area is 137 Å². The number of piperazine rings is 1. The Morgan fingerprint density at radius 2 is 1.83 bits per heavy atom. The highest BCUT2D eigenvalue weighted by atomic mass is 16.2. The van der Waals surface area contributed by atoms with E-state index in [2.05, 4.69) is 32.0 Å². The molecule has 0 radical (unpaired) electrons. The third-order valence-electron chi connectivity index (χ3n) is 4.67. The third kappa shape index (κ3) is 4.10. The maximum atomic E-state index is 12.3. The van der Waals surface area contributed by atoms with Gasteiger partial charge in [0.15, 0.2) is 0 Å².